The molecule has 0 unspecified atom stereocenters. The summed E-state index contributed by atoms with van der Waals surface area (Å²) < 4.78 is 5.83. The van der Waals surface area contributed by atoms with E-state index in [1.807, 2.05) is 36.4 Å². The monoisotopic (exact) mass is 299 g/mol. The quantitative estimate of drug-likeness (QED) is 0.793. The number of benzene rings is 2. The van der Waals surface area contributed by atoms with Gasteiger partial charge in [-0.05, 0) is 24.3 Å². The molecular formula is C17H14ClNO2. The van der Waals surface area contributed by atoms with Crippen molar-refractivity contribution in [3.8, 4) is 5.75 Å². The summed E-state index contributed by atoms with van der Waals surface area (Å²) in [6.07, 6.45) is 1.77. The van der Waals surface area contributed by atoms with Gasteiger partial charge in [0.25, 0.3) is 0 Å². The third-order valence-electron chi connectivity index (χ3n) is 3.36. The summed E-state index contributed by atoms with van der Waals surface area (Å²) in [4.78, 5) is 4.33. The second-order valence-corrected chi connectivity index (χ2v) is 5.06. The molecule has 3 aromatic rings. The summed E-state index contributed by atoms with van der Waals surface area (Å²) in [6.45, 7) is 0.252. The lowest BCUT2D eigenvalue weighted by Crippen LogP contribution is -2.00. The van der Waals surface area contributed by atoms with Crippen LogP contribution in [-0.4, -0.2) is 10.1 Å². The van der Waals surface area contributed by atoms with Gasteiger partial charge in [-0.25, -0.2) is 0 Å². The van der Waals surface area contributed by atoms with Crippen LogP contribution in [0.15, 0.2) is 54.7 Å². The first-order chi connectivity index (χ1) is 10.3. The molecular weight excluding hydrogens is 286 g/mol. The number of hydrogen-bond donors (Lipinski definition) is 1. The summed E-state index contributed by atoms with van der Waals surface area (Å²) in [5.74, 6) is 0.603. The third kappa shape index (κ3) is 2.84. The SMILES string of the molecule is OCc1c(Cl)cccc1OCc1ccnc2ccccc12. The van der Waals surface area contributed by atoms with Crippen molar-refractivity contribution in [3.05, 3.63) is 70.9 Å². The van der Waals surface area contributed by atoms with Gasteiger partial charge in [0.15, 0.2) is 0 Å². The van der Waals surface area contributed by atoms with Crippen LogP contribution >= 0.6 is 11.6 Å². The lowest BCUT2D eigenvalue weighted by atomic mass is 10.1. The highest BCUT2D eigenvalue weighted by molar-refractivity contribution is 6.31. The number of fused-ring (bicyclic) bond motifs is 1. The Morgan fingerprint density at radius 1 is 1.05 bits per heavy atom. The second-order valence-electron chi connectivity index (χ2n) is 4.65. The highest BCUT2D eigenvalue weighted by Gasteiger charge is 2.08. The highest BCUT2D eigenvalue weighted by Crippen LogP contribution is 2.27. The summed E-state index contributed by atoms with van der Waals surface area (Å²) >= 11 is 6.06. The van der Waals surface area contributed by atoms with Crippen molar-refractivity contribution < 1.29 is 9.84 Å². The van der Waals surface area contributed by atoms with Crippen LogP contribution in [0.25, 0.3) is 10.9 Å². The summed E-state index contributed by atoms with van der Waals surface area (Å²) in [5, 5.41) is 11.0. The largest absolute Gasteiger partial charge is 0.488 e. The van der Waals surface area contributed by atoms with Gasteiger partial charge in [0.1, 0.15) is 12.4 Å². The Labute approximate surface area is 127 Å². The van der Waals surface area contributed by atoms with Gasteiger partial charge in [-0.15, -0.1) is 0 Å². The Morgan fingerprint density at radius 3 is 2.76 bits per heavy atom. The van der Waals surface area contributed by atoms with E-state index in [9.17, 15) is 5.11 Å². The van der Waals surface area contributed by atoms with Gasteiger partial charge < -0.3 is 9.84 Å². The average molecular weight is 300 g/mol. The average Bonchev–Trinajstić information content (AvgIpc) is 2.53. The van der Waals surface area contributed by atoms with Crippen LogP contribution in [0.4, 0.5) is 0 Å². The number of hydrogen-bond acceptors (Lipinski definition) is 3. The second kappa shape index (κ2) is 6.12. The molecule has 2 aromatic carbocycles. The number of pyridine rings is 1. The molecule has 0 saturated carbocycles. The van der Waals surface area contributed by atoms with E-state index >= 15 is 0 Å². The number of nitrogens with zero attached hydrogens (tertiary/aromatic N) is 1. The smallest absolute Gasteiger partial charge is 0.126 e. The zero-order valence-electron chi connectivity index (χ0n) is 11.3. The lowest BCUT2D eigenvalue weighted by molar-refractivity contribution is 0.259. The molecule has 1 heterocycles. The molecule has 0 aliphatic heterocycles. The van der Waals surface area contributed by atoms with Gasteiger partial charge in [-0.2, -0.15) is 0 Å². The van der Waals surface area contributed by atoms with Crippen molar-refractivity contribution in [2.24, 2.45) is 0 Å². The fourth-order valence-electron chi connectivity index (χ4n) is 2.26. The predicted octanol–water partition coefficient (Wildman–Crippen LogP) is 3.96. The van der Waals surface area contributed by atoms with Gasteiger partial charge in [0.05, 0.1) is 12.1 Å². The zero-order valence-corrected chi connectivity index (χ0v) is 12.0. The molecule has 0 saturated heterocycles. The van der Waals surface area contributed by atoms with E-state index in [1.165, 1.54) is 0 Å². The summed E-state index contributed by atoms with van der Waals surface area (Å²) in [7, 11) is 0. The van der Waals surface area contributed by atoms with Crippen molar-refractivity contribution in [2.75, 3.05) is 0 Å². The first-order valence-corrected chi connectivity index (χ1v) is 7.01. The van der Waals surface area contributed by atoms with Crippen molar-refractivity contribution >= 4 is 22.5 Å². The van der Waals surface area contributed by atoms with Gasteiger partial charge in [-0.3, -0.25) is 4.98 Å². The van der Waals surface area contributed by atoms with E-state index in [0.29, 0.717) is 22.9 Å². The molecule has 0 atom stereocenters. The molecule has 0 radical (unpaired) electrons. The van der Waals surface area contributed by atoms with E-state index in [2.05, 4.69) is 4.98 Å². The normalized spacial score (nSPS) is 10.8. The van der Waals surface area contributed by atoms with Crippen LogP contribution in [0, 0.1) is 0 Å². The Morgan fingerprint density at radius 2 is 1.90 bits per heavy atom. The van der Waals surface area contributed by atoms with Crippen molar-refractivity contribution in [1.29, 1.82) is 0 Å². The number of para-hydroxylation sites is 1. The Kier molecular flexibility index (Phi) is 4.04. The van der Waals surface area contributed by atoms with Crippen LogP contribution in [0.3, 0.4) is 0 Å². The Balaban J connectivity index is 1.89. The molecule has 0 aliphatic carbocycles. The molecule has 0 amide bonds. The van der Waals surface area contributed by atoms with E-state index < -0.39 is 0 Å². The van der Waals surface area contributed by atoms with Gasteiger partial charge in [0.2, 0.25) is 0 Å². The maximum atomic E-state index is 9.39. The van der Waals surface area contributed by atoms with Crippen molar-refractivity contribution in [3.63, 3.8) is 0 Å². The molecule has 0 aliphatic rings. The summed E-state index contributed by atoms with van der Waals surface area (Å²) in [5.41, 5.74) is 2.59. The number of ether oxygens (including phenoxy) is 1. The molecule has 1 aromatic heterocycles. The Hall–Kier alpha value is -2.10. The molecule has 106 valence electrons. The third-order valence-corrected chi connectivity index (χ3v) is 3.71. The topological polar surface area (TPSA) is 42.4 Å². The minimum absolute atomic E-state index is 0.147. The fourth-order valence-corrected chi connectivity index (χ4v) is 2.49. The molecule has 4 heteroatoms. The number of rotatable bonds is 4. The van der Waals surface area contributed by atoms with Crippen molar-refractivity contribution in [1.82, 2.24) is 4.98 Å². The van der Waals surface area contributed by atoms with Gasteiger partial charge in [0, 0.05) is 27.7 Å². The predicted molar refractivity (Wildman–Crippen MR) is 83.4 cm³/mol. The number of aromatic nitrogens is 1. The molecule has 0 spiro atoms. The number of halogens is 1. The Bertz CT molecular complexity index is 768. The number of aliphatic hydroxyl groups excluding tert-OH is 1. The van der Waals surface area contributed by atoms with E-state index in [-0.39, 0.29) is 6.61 Å². The van der Waals surface area contributed by atoms with Crippen molar-refractivity contribution in [2.45, 2.75) is 13.2 Å². The van der Waals surface area contributed by atoms with E-state index in [1.54, 1.807) is 18.3 Å². The van der Waals surface area contributed by atoms with E-state index in [4.69, 9.17) is 16.3 Å². The molecule has 3 nitrogen and oxygen atoms in total. The van der Waals surface area contributed by atoms with Crippen LogP contribution in [-0.2, 0) is 13.2 Å². The van der Waals surface area contributed by atoms with E-state index in [0.717, 1.165) is 16.5 Å². The standard InChI is InChI=1S/C17H14ClNO2/c18-15-5-3-7-17(14(15)10-20)21-11-12-8-9-19-16-6-2-1-4-13(12)16/h1-9,20H,10-11H2. The molecule has 0 fully saturated rings. The molecule has 21 heavy (non-hydrogen) atoms. The minimum atomic E-state index is -0.147. The zero-order chi connectivity index (χ0) is 14.7. The first-order valence-electron chi connectivity index (χ1n) is 6.63. The van der Waals surface area contributed by atoms with Gasteiger partial charge >= 0.3 is 0 Å². The molecule has 3 rings (SSSR count). The first kappa shape index (κ1) is 13.9. The van der Waals surface area contributed by atoms with Crippen LogP contribution < -0.4 is 4.74 Å². The van der Waals surface area contributed by atoms with Crippen LogP contribution in [0.2, 0.25) is 5.02 Å². The van der Waals surface area contributed by atoms with Gasteiger partial charge in [-0.1, -0.05) is 35.9 Å². The maximum absolute atomic E-state index is 9.39. The molecule has 1 N–H and O–H groups in total. The highest BCUT2D eigenvalue weighted by atomic mass is 35.5. The van der Waals surface area contributed by atoms with Crippen LogP contribution in [0.1, 0.15) is 11.1 Å². The molecule has 0 bridgehead atoms. The maximum Gasteiger partial charge on any atom is 0.126 e. The minimum Gasteiger partial charge on any atom is -0.488 e. The fraction of sp³-hybridized carbons (Fsp3) is 0.118. The lowest BCUT2D eigenvalue weighted by Gasteiger charge is -2.12. The summed E-state index contributed by atoms with van der Waals surface area (Å²) in [6, 6.07) is 15.2. The van der Waals surface area contributed by atoms with Crippen LogP contribution in [0.5, 0.6) is 5.75 Å². The number of aliphatic hydroxyl groups is 1.